The molecule has 168 valence electrons. The minimum Gasteiger partial charge on any atom is -0.376 e. The summed E-state index contributed by atoms with van der Waals surface area (Å²) in [5.41, 5.74) is 1.44. The van der Waals surface area contributed by atoms with Crippen LogP contribution in [0.25, 0.3) is 0 Å². The number of benzene rings is 2. The molecule has 7 nitrogen and oxygen atoms in total. The summed E-state index contributed by atoms with van der Waals surface area (Å²) in [6.07, 6.45) is 3.08. The van der Waals surface area contributed by atoms with Gasteiger partial charge >= 0.3 is 0 Å². The van der Waals surface area contributed by atoms with Crippen LogP contribution in [-0.2, 0) is 26.1 Å². The van der Waals surface area contributed by atoms with E-state index in [1.165, 1.54) is 21.3 Å². The number of halogens is 1. The molecule has 1 fully saturated rings. The van der Waals surface area contributed by atoms with Gasteiger partial charge in [0.1, 0.15) is 0 Å². The summed E-state index contributed by atoms with van der Waals surface area (Å²) in [6.45, 7) is 4.89. The van der Waals surface area contributed by atoms with Gasteiger partial charge in [-0.3, -0.25) is 9.59 Å². The van der Waals surface area contributed by atoms with Gasteiger partial charge in [0.25, 0.3) is 11.7 Å². The lowest BCUT2D eigenvalue weighted by Gasteiger charge is -2.24. The van der Waals surface area contributed by atoms with Crippen molar-refractivity contribution in [2.45, 2.75) is 30.3 Å². The van der Waals surface area contributed by atoms with Gasteiger partial charge in [-0.2, -0.15) is 4.31 Å². The predicted molar refractivity (Wildman–Crippen MR) is 129 cm³/mol. The van der Waals surface area contributed by atoms with Crippen LogP contribution in [0.15, 0.2) is 60.0 Å². The first kappa shape index (κ1) is 23.1. The Morgan fingerprint density at radius 1 is 1.16 bits per heavy atom. The Morgan fingerprint density at radius 3 is 2.62 bits per heavy atom. The van der Waals surface area contributed by atoms with E-state index in [4.69, 9.17) is 4.74 Å². The van der Waals surface area contributed by atoms with Gasteiger partial charge in [-0.05, 0) is 71.3 Å². The molecular weight excluding hydrogens is 539 g/mol. The molecule has 0 radical (unpaired) electrons. The number of amides is 1. The van der Waals surface area contributed by atoms with E-state index in [0.29, 0.717) is 25.3 Å². The SMILES string of the molecule is C=CCOC[C@@H]1CCCN1S(=O)(=O)c1ccc2c(c1)C(=O)C(=O)N2Cc1ccc([123I])cc1. The molecule has 2 aromatic rings. The van der Waals surface area contributed by atoms with Crippen molar-refractivity contribution in [1.82, 2.24) is 4.31 Å². The zero-order chi connectivity index (χ0) is 22.9. The first-order valence-electron chi connectivity index (χ1n) is 10.3. The number of Topliss-reactive ketones (excluding diaryl/α,β-unsaturated/α-hetero) is 1. The first-order valence-corrected chi connectivity index (χ1v) is 12.8. The molecule has 0 N–H and O–H groups in total. The van der Waals surface area contributed by atoms with Crippen LogP contribution < -0.4 is 4.90 Å². The molecule has 0 saturated carbocycles. The monoisotopic (exact) mass is 562 g/mol. The summed E-state index contributed by atoms with van der Waals surface area (Å²) in [5, 5.41) is 0. The number of carbonyl (C=O) groups is 2. The summed E-state index contributed by atoms with van der Waals surface area (Å²) < 4.78 is 34.6. The summed E-state index contributed by atoms with van der Waals surface area (Å²) >= 11 is 2.20. The molecule has 1 amide bonds. The molecule has 0 spiro atoms. The number of rotatable bonds is 8. The van der Waals surface area contributed by atoms with Gasteiger partial charge in [0.15, 0.2) is 0 Å². The van der Waals surface area contributed by atoms with Crippen molar-refractivity contribution < 1.29 is 22.7 Å². The molecule has 1 atom stereocenters. The zero-order valence-electron chi connectivity index (χ0n) is 17.4. The minimum absolute atomic E-state index is 0.0177. The molecule has 2 aromatic carbocycles. The van der Waals surface area contributed by atoms with Gasteiger partial charge in [0.2, 0.25) is 10.0 Å². The molecule has 2 heterocycles. The number of fused-ring (bicyclic) bond motifs is 1. The second kappa shape index (κ2) is 9.42. The molecule has 2 aliphatic heterocycles. The number of ether oxygens (including phenoxy) is 1. The second-order valence-electron chi connectivity index (χ2n) is 7.76. The molecule has 0 unspecified atom stereocenters. The van der Waals surface area contributed by atoms with Crippen LogP contribution in [0.3, 0.4) is 0 Å². The third kappa shape index (κ3) is 4.39. The molecule has 2 aliphatic rings. The van der Waals surface area contributed by atoms with Gasteiger partial charge in [-0.25, -0.2) is 8.42 Å². The first-order chi connectivity index (χ1) is 15.3. The maximum atomic E-state index is 13.3. The Labute approximate surface area is 201 Å². The third-order valence-electron chi connectivity index (χ3n) is 5.67. The largest absolute Gasteiger partial charge is 0.376 e. The fraction of sp³-hybridized carbons (Fsp3) is 0.304. The average molecular weight is 562 g/mol. The maximum absolute atomic E-state index is 13.3. The fourth-order valence-corrected chi connectivity index (χ4v) is 6.15. The highest BCUT2D eigenvalue weighted by molar-refractivity contribution is 14.1. The number of anilines is 1. The number of nitrogens with zero attached hydrogens (tertiary/aromatic N) is 2. The smallest absolute Gasteiger partial charge is 0.299 e. The second-order valence-corrected chi connectivity index (χ2v) is 10.9. The van der Waals surface area contributed by atoms with E-state index in [9.17, 15) is 18.0 Å². The molecule has 0 bridgehead atoms. The van der Waals surface area contributed by atoms with E-state index >= 15 is 0 Å². The zero-order valence-corrected chi connectivity index (χ0v) is 20.3. The van der Waals surface area contributed by atoms with Crippen LogP contribution in [0.4, 0.5) is 5.69 Å². The quantitative estimate of drug-likeness (QED) is 0.213. The number of ketones is 1. The van der Waals surface area contributed by atoms with E-state index in [2.05, 4.69) is 29.2 Å². The van der Waals surface area contributed by atoms with E-state index in [1.54, 1.807) is 12.1 Å². The van der Waals surface area contributed by atoms with E-state index < -0.39 is 21.7 Å². The van der Waals surface area contributed by atoms with E-state index in [0.717, 1.165) is 15.6 Å². The number of hydrogen-bond acceptors (Lipinski definition) is 5. The molecule has 32 heavy (non-hydrogen) atoms. The molecule has 4 rings (SSSR count). The lowest BCUT2D eigenvalue weighted by Crippen LogP contribution is -2.38. The van der Waals surface area contributed by atoms with Crippen molar-refractivity contribution in [3.63, 3.8) is 0 Å². The predicted octanol–water partition coefficient (Wildman–Crippen LogP) is 3.38. The highest BCUT2D eigenvalue weighted by atomic mass is 123. The molecule has 0 aromatic heterocycles. The Bertz CT molecular complexity index is 1160. The van der Waals surface area contributed by atoms with Crippen molar-refractivity contribution in [2.24, 2.45) is 0 Å². The van der Waals surface area contributed by atoms with Gasteiger partial charge in [-0.15, -0.1) is 6.58 Å². The Balaban J connectivity index is 1.60. The molecular formula is C23H23IN2O5S. The summed E-state index contributed by atoms with van der Waals surface area (Å²) in [6, 6.07) is 11.8. The Morgan fingerprint density at radius 2 is 1.91 bits per heavy atom. The lowest BCUT2D eigenvalue weighted by atomic mass is 10.1. The molecule has 1 saturated heterocycles. The van der Waals surface area contributed by atoms with Gasteiger partial charge < -0.3 is 9.64 Å². The van der Waals surface area contributed by atoms with Crippen molar-refractivity contribution in [1.29, 1.82) is 0 Å². The summed E-state index contributed by atoms with van der Waals surface area (Å²) in [5.74, 6) is -1.33. The van der Waals surface area contributed by atoms with Crippen LogP contribution in [-0.4, -0.2) is 50.2 Å². The standard InChI is InChI=1S/C23H23IN2O5S/c1-2-12-31-15-18-4-3-11-26(18)32(29,30)19-9-10-21-20(13-19)22(27)23(28)25(21)14-16-5-7-17(24)8-6-16/h2,5-10,13,18H,1,3-4,11-12,14-15H2/t18-/m0/s1/i24-4. The van der Waals surface area contributed by atoms with Crippen LogP contribution in [0, 0.1) is 3.57 Å². The maximum Gasteiger partial charge on any atom is 0.299 e. The number of hydrogen-bond donors (Lipinski definition) is 0. The topological polar surface area (TPSA) is 84.0 Å². The molecule has 0 aliphatic carbocycles. The Kier molecular flexibility index (Phi) is 6.80. The van der Waals surface area contributed by atoms with Crippen molar-refractivity contribution in [2.75, 3.05) is 24.7 Å². The van der Waals surface area contributed by atoms with E-state index in [-0.39, 0.29) is 29.7 Å². The van der Waals surface area contributed by atoms with Crippen LogP contribution >= 0.6 is 22.6 Å². The fourth-order valence-electron chi connectivity index (χ4n) is 4.08. The minimum atomic E-state index is -3.82. The number of sulfonamides is 1. The highest BCUT2D eigenvalue weighted by Crippen LogP contribution is 2.34. The highest BCUT2D eigenvalue weighted by Gasteiger charge is 2.39. The van der Waals surface area contributed by atoms with E-state index in [1.807, 2.05) is 24.3 Å². The lowest BCUT2D eigenvalue weighted by molar-refractivity contribution is -0.114. The number of carbonyl (C=O) groups excluding carboxylic acids is 2. The van der Waals surface area contributed by atoms with Crippen LogP contribution in [0.1, 0.15) is 28.8 Å². The average Bonchev–Trinajstić information content (AvgIpc) is 3.35. The van der Waals surface area contributed by atoms with Gasteiger partial charge in [-0.1, -0.05) is 18.2 Å². The van der Waals surface area contributed by atoms with Crippen molar-refractivity contribution in [3.05, 3.63) is 69.8 Å². The summed E-state index contributed by atoms with van der Waals surface area (Å²) in [4.78, 5) is 26.7. The van der Waals surface area contributed by atoms with Crippen molar-refractivity contribution in [3.8, 4) is 0 Å². The molecule has 9 heteroatoms. The van der Waals surface area contributed by atoms with Gasteiger partial charge in [0, 0.05) is 16.2 Å². The normalized spacial score (nSPS) is 18.9. The van der Waals surface area contributed by atoms with Crippen molar-refractivity contribution >= 4 is 50.0 Å². The van der Waals surface area contributed by atoms with Crippen LogP contribution in [0.5, 0.6) is 0 Å². The third-order valence-corrected chi connectivity index (χ3v) is 8.34. The Hall–Kier alpha value is -2.08. The summed E-state index contributed by atoms with van der Waals surface area (Å²) in [7, 11) is -3.82. The van der Waals surface area contributed by atoms with Crippen LogP contribution in [0.2, 0.25) is 0 Å². The van der Waals surface area contributed by atoms with Gasteiger partial charge in [0.05, 0.1) is 35.9 Å².